The third-order valence-corrected chi connectivity index (χ3v) is 3.45. The van der Waals surface area contributed by atoms with Crippen molar-refractivity contribution < 1.29 is 9.72 Å². The monoisotopic (exact) mass is 330 g/mol. The first-order chi connectivity index (χ1) is 10.9. The Morgan fingerprint density at radius 1 is 1.35 bits per heavy atom. The Hall–Kier alpha value is -3.11. The Kier molecular flexibility index (Phi) is 4.79. The fourth-order valence-corrected chi connectivity index (χ4v) is 2.19. The van der Waals surface area contributed by atoms with Crippen molar-refractivity contribution in [1.29, 1.82) is 5.26 Å². The average molecular weight is 331 g/mol. The Morgan fingerprint density at radius 3 is 2.65 bits per heavy atom. The van der Waals surface area contributed by atoms with Gasteiger partial charge in [-0.2, -0.15) is 5.26 Å². The normalized spacial score (nSPS) is 11.3. The highest BCUT2D eigenvalue weighted by Gasteiger charge is 2.20. The van der Waals surface area contributed by atoms with Gasteiger partial charge >= 0.3 is 0 Å². The van der Waals surface area contributed by atoms with Crippen molar-refractivity contribution in [3.05, 3.63) is 68.7 Å². The highest BCUT2D eigenvalue weighted by molar-refractivity contribution is 6.31. The summed E-state index contributed by atoms with van der Waals surface area (Å²) in [5.41, 5.74) is 5.53. The molecule has 7 nitrogen and oxygen atoms in total. The van der Waals surface area contributed by atoms with Crippen LogP contribution in [-0.4, -0.2) is 10.8 Å². The van der Waals surface area contributed by atoms with Gasteiger partial charge in [0.1, 0.15) is 11.7 Å². The lowest BCUT2D eigenvalue weighted by molar-refractivity contribution is -0.383. The molecule has 1 amide bonds. The van der Waals surface area contributed by atoms with Crippen LogP contribution in [0.2, 0.25) is 5.02 Å². The summed E-state index contributed by atoms with van der Waals surface area (Å²) in [6, 6.07) is 11.2. The van der Waals surface area contributed by atoms with Crippen LogP contribution >= 0.6 is 11.6 Å². The second-order valence-corrected chi connectivity index (χ2v) is 4.99. The van der Waals surface area contributed by atoms with Gasteiger partial charge in [-0.3, -0.25) is 14.9 Å². The molecule has 1 atom stereocenters. The van der Waals surface area contributed by atoms with E-state index in [1.165, 1.54) is 12.1 Å². The molecule has 2 rings (SSSR count). The average Bonchev–Trinajstić information content (AvgIpc) is 2.53. The van der Waals surface area contributed by atoms with E-state index in [1.54, 1.807) is 24.3 Å². The summed E-state index contributed by atoms with van der Waals surface area (Å²) < 4.78 is 0. The zero-order valence-corrected chi connectivity index (χ0v) is 12.4. The lowest BCUT2D eigenvalue weighted by atomic mass is 10.1. The lowest BCUT2D eigenvalue weighted by Crippen LogP contribution is -2.27. The van der Waals surface area contributed by atoms with E-state index in [1.807, 2.05) is 6.07 Å². The minimum Gasteiger partial charge on any atom is -0.393 e. The molecule has 0 saturated carbocycles. The summed E-state index contributed by atoms with van der Waals surface area (Å²) in [6.45, 7) is 0. The van der Waals surface area contributed by atoms with Gasteiger partial charge in [-0.1, -0.05) is 29.8 Å². The van der Waals surface area contributed by atoms with Crippen LogP contribution < -0.4 is 11.1 Å². The molecule has 8 heteroatoms. The predicted octanol–water partition coefficient (Wildman–Crippen LogP) is 2.83. The highest BCUT2D eigenvalue weighted by Crippen LogP contribution is 2.24. The second-order valence-electron chi connectivity index (χ2n) is 4.59. The minimum atomic E-state index is -0.979. The van der Waals surface area contributed by atoms with Crippen molar-refractivity contribution in [2.45, 2.75) is 6.04 Å². The molecule has 0 radical (unpaired) electrons. The van der Waals surface area contributed by atoms with Crippen LogP contribution in [0.4, 0.5) is 11.4 Å². The first kappa shape index (κ1) is 16.3. The minimum absolute atomic E-state index is 0.0261. The summed E-state index contributed by atoms with van der Waals surface area (Å²) in [7, 11) is 0. The Morgan fingerprint density at radius 2 is 2.04 bits per heavy atom. The second kappa shape index (κ2) is 6.77. The van der Waals surface area contributed by atoms with Crippen LogP contribution in [0.3, 0.4) is 0 Å². The fraction of sp³-hybridized carbons (Fsp3) is 0.0667. The van der Waals surface area contributed by atoms with E-state index in [4.69, 9.17) is 17.3 Å². The van der Waals surface area contributed by atoms with Crippen LogP contribution in [-0.2, 0) is 0 Å². The van der Waals surface area contributed by atoms with Gasteiger partial charge in [0.25, 0.3) is 11.6 Å². The summed E-state index contributed by atoms with van der Waals surface area (Å²) in [5, 5.41) is 22.9. The maximum Gasteiger partial charge on any atom is 0.292 e. The Bertz CT molecular complexity index is 817. The number of rotatable bonds is 4. The van der Waals surface area contributed by atoms with Crippen molar-refractivity contribution >= 4 is 28.9 Å². The van der Waals surface area contributed by atoms with Gasteiger partial charge in [0, 0.05) is 22.2 Å². The van der Waals surface area contributed by atoms with E-state index in [0.717, 1.165) is 6.07 Å². The lowest BCUT2D eigenvalue weighted by Gasteiger charge is -2.13. The molecule has 0 bridgehead atoms. The molecule has 0 spiro atoms. The van der Waals surface area contributed by atoms with Crippen molar-refractivity contribution in [3.63, 3.8) is 0 Å². The number of hydrogen-bond acceptors (Lipinski definition) is 5. The van der Waals surface area contributed by atoms with Crippen molar-refractivity contribution in [3.8, 4) is 6.07 Å². The molecule has 2 aromatic carbocycles. The van der Waals surface area contributed by atoms with E-state index in [-0.39, 0.29) is 16.9 Å². The molecule has 23 heavy (non-hydrogen) atoms. The number of nitrogens with one attached hydrogen (secondary N) is 1. The molecule has 0 aliphatic heterocycles. The zero-order valence-electron chi connectivity index (χ0n) is 11.7. The molecule has 2 aromatic rings. The molecule has 0 fully saturated rings. The zero-order chi connectivity index (χ0) is 17.0. The molecule has 0 heterocycles. The van der Waals surface area contributed by atoms with Crippen LogP contribution in [0, 0.1) is 21.4 Å². The Balaban J connectivity index is 2.28. The first-order valence-corrected chi connectivity index (χ1v) is 6.80. The number of benzene rings is 2. The SMILES string of the molecule is N#C[C@@H](NC(=O)c1ccc(N)c([N+](=O)[O-])c1)c1ccccc1Cl. The van der Waals surface area contributed by atoms with Gasteiger partial charge in [-0.15, -0.1) is 0 Å². The predicted molar refractivity (Wildman–Crippen MR) is 84.8 cm³/mol. The number of nitrogens with zero attached hydrogens (tertiary/aromatic N) is 2. The molecule has 0 aliphatic carbocycles. The van der Waals surface area contributed by atoms with Gasteiger partial charge in [-0.25, -0.2) is 0 Å². The molecule has 3 N–H and O–H groups in total. The number of anilines is 1. The van der Waals surface area contributed by atoms with Gasteiger partial charge in [0.15, 0.2) is 0 Å². The van der Waals surface area contributed by atoms with Crippen LogP contribution in [0.15, 0.2) is 42.5 Å². The van der Waals surface area contributed by atoms with E-state index < -0.39 is 16.9 Å². The summed E-state index contributed by atoms with van der Waals surface area (Å²) in [4.78, 5) is 22.4. The molecule has 0 aromatic heterocycles. The summed E-state index contributed by atoms with van der Waals surface area (Å²) in [5.74, 6) is -0.639. The van der Waals surface area contributed by atoms with Gasteiger partial charge in [0.05, 0.1) is 11.0 Å². The van der Waals surface area contributed by atoms with Crippen LogP contribution in [0.1, 0.15) is 22.0 Å². The van der Waals surface area contributed by atoms with Gasteiger partial charge in [-0.05, 0) is 18.2 Å². The number of carbonyl (C=O) groups excluding carboxylic acids is 1. The number of nitro groups is 1. The van der Waals surface area contributed by atoms with E-state index in [9.17, 15) is 20.2 Å². The van der Waals surface area contributed by atoms with E-state index in [0.29, 0.717) is 10.6 Å². The van der Waals surface area contributed by atoms with Crippen LogP contribution in [0.5, 0.6) is 0 Å². The summed E-state index contributed by atoms with van der Waals surface area (Å²) in [6.07, 6.45) is 0. The number of nitrogens with two attached hydrogens (primary N) is 1. The molecule has 0 unspecified atom stereocenters. The summed E-state index contributed by atoms with van der Waals surface area (Å²) >= 11 is 6.01. The maximum atomic E-state index is 12.2. The number of halogens is 1. The van der Waals surface area contributed by atoms with Crippen LogP contribution in [0.25, 0.3) is 0 Å². The number of nitro benzene ring substituents is 1. The van der Waals surface area contributed by atoms with Crippen molar-refractivity contribution in [2.24, 2.45) is 0 Å². The standard InChI is InChI=1S/C15H11ClN4O3/c16-11-4-2-1-3-10(11)13(8-17)19-15(21)9-5-6-12(18)14(7-9)20(22)23/h1-7,13H,18H2,(H,19,21)/t13-/m1/s1. The number of nitrogen functional groups attached to an aromatic ring is 1. The topological polar surface area (TPSA) is 122 Å². The molecule has 0 aliphatic rings. The van der Waals surface area contributed by atoms with Gasteiger partial charge < -0.3 is 11.1 Å². The van der Waals surface area contributed by atoms with E-state index >= 15 is 0 Å². The number of hydrogen-bond donors (Lipinski definition) is 2. The highest BCUT2D eigenvalue weighted by atomic mass is 35.5. The molecular weight excluding hydrogens is 320 g/mol. The van der Waals surface area contributed by atoms with Crippen molar-refractivity contribution in [1.82, 2.24) is 5.32 Å². The molecule has 0 saturated heterocycles. The number of amides is 1. The van der Waals surface area contributed by atoms with Gasteiger partial charge in [0.2, 0.25) is 0 Å². The largest absolute Gasteiger partial charge is 0.393 e. The first-order valence-electron chi connectivity index (χ1n) is 6.43. The maximum absolute atomic E-state index is 12.2. The number of carbonyl (C=O) groups is 1. The Labute approximate surface area is 136 Å². The molecule has 116 valence electrons. The van der Waals surface area contributed by atoms with E-state index in [2.05, 4.69) is 5.32 Å². The molecular formula is C15H11ClN4O3. The third-order valence-electron chi connectivity index (χ3n) is 3.11. The number of nitriles is 1. The quantitative estimate of drug-likeness (QED) is 0.507. The smallest absolute Gasteiger partial charge is 0.292 e. The third kappa shape index (κ3) is 3.56. The van der Waals surface area contributed by atoms with Crippen molar-refractivity contribution in [2.75, 3.05) is 5.73 Å². The fourth-order valence-electron chi connectivity index (χ4n) is 1.95.